The van der Waals surface area contributed by atoms with Gasteiger partial charge in [0.25, 0.3) is 0 Å². The normalized spacial score (nSPS) is 13.8. The predicted octanol–water partition coefficient (Wildman–Crippen LogP) is 2.21. The van der Waals surface area contributed by atoms with Crippen molar-refractivity contribution in [3.63, 3.8) is 0 Å². The van der Waals surface area contributed by atoms with Crippen molar-refractivity contribution in [2.24, 2.45) is 0 Å². The van der Waals surface area contributed by atoms with Gasteiger partial charge in [0.15, 0.2) is 0 Å². The molecule has 0 aliphatic rings. The lowest BCUT2D eigenvalue weighted by atomic mass is 10.2. The van der Waals surface area contributed by atoms with Crippen molar-refractivity contribution >= 4 is 10.0 Å². The van der Waals surface area contributed by atoms with E-state index in [1.54, 1.807) is 6.92 Å². The standard InChI is InChI=1S/C11H16FNO2S/c1-4-9(3)13-16(14,15)10-5-6-11(12)8(2)7-10/h5-7,9,13H,4H2,1-3H3. The molecule has 0 saturated heterocycles. The summed E-state index contributed by atoms with van der Waals surface area (Å²) in [6.45, 7) is 5.22. The summed E-state index contributed by atoms with van der Waals surface area (Å²) in [7, 11) is -3.53. The minimum atomic E-state index is -3.53. The van der Waals surface area contributed by atoms with Gasteiger partial charge >= 0.3 is 0 Å². The molecule has 0 heterocycles. The maximum atomic E-state index is 13.0. The van der Waals surface area contributed by atoms with E-state index in [4.69, 9.17) is 0 Å². The van der Waals surface area contributed by atoms with Crippen LogP contribution in [-0.4, -0.2) is 14.5 Å². The summed E-state index contributed by atoms with van der Waals surface area (Å²) >= 11 is 0. The largest absolute Gasteiger partial charge is 0.240 e. The first-order valence-corrected chi connectivity index (χ1v) is 6.63. The summed E-state index contributed by atoms with van der Waals surface area (Å²) in [6, 6.07) is 3.64. The number of halogens is 1. The second kappa shape index (κ2) is 4.93. The lowest BCUT2D eigenvalue weighted by Gasteiger charge is -2.12. The van der Waals surface area contributed by atoms with Crippen LogP contribution in [0.5, 0.6) is 0 Å². The molecule has 0 amide bonds. The molecule has 1 aromatic rings. The van der Waals surface area contributed by atoms with Crippen molar-refractivity contribution in [3.05, 3.63) is 29.6 Å². The Morgan fingerprint density at radius 1 is 1.44 bits per heavy atom. The zero-order valence-corrected chi connectivity index (χ0v) is 10.4. The molecule has 0 radical (unpaired) electrons. The highest BCUT2D eigenvalue weighted by atomic mass is 32.2. The van der Waals surface area contributed by atoms with Crippen molar-refractivity contribution in [1.29, 1.82) is 0 Å². The van der Waals surface area contributed by atoms with Crippen LogP contribution in [0.1, 0.15) is 25.8 Å². The molecular weight excluding hydrogens is 229 g/mol. The van der Waals surface area contributed by atoms with Crippen LogP contribution >= 0.6 is 0 Å². The van der Waals surface area contributed by atoms with Gasteiger partial charge in [-0.2, -0.15) is 0 Å². The van der Waals surface area contributed by atoms with Gasteiger partial charge in [0.05, 0.1) is 4.90 Å². The highest BCUT2D eigenvalue weighted by molar-refractivity contribution is 7.89. The van der Waals surface area contributed by atoms with Gasteiger partial charge in [-0.1, -0.05) is 6.92 Å². The van der Waals surface area contributed by atoms with Gasteiger partial charge in [0.1, 0.15) is 5.82 Å². The summed E-state index contributed by atoms with van der Waals surface area (Å²) in [4.78, 5) is 0.103. The molecule has 1 atom stereocenters. The monoisotopic (exact) mass is 245 g/mol. The molecule has 16 heavy (non-hydrogen) atoms. The highest BCUT2D eigenvalue weighted by Gasteiger charge is 2.17. The number of rotatable bonds is 4. The van der Waals surface area contributed by atoms with Crippen LogP contribution in [-0.2, 0) is 10.0 Å². The Hall–Kier alpha value is -0.940. The summed E-state index contributed by atoms with van der Waals surface area (Å²) < 4.78 is 39.2. The van der Waals surface area contributed by atoms with E-state index in [0.29, 0.717) is 12.0 Å². The topological polar surface area (TPSA) is 46.2 Å². The number of aryl methyl sites for hydroxylation is 1. The van der Waals surface area contributed by atoms with Crippen LogP contribution in [0, 0.1) is 12.7 Å². The van der Waals surface area contributed by atoms with Crippen molar-refractivity contribution in [3.8, 4) is 0 Å². The van der Waals surface area contributed by atoms with Gasteiger partial charge < -0.3 is 0 Å². The van der Waals surface area contributed by atoms with Gasteiger partial charge in [-0.05, 0) is 44.0 Å². The Labute approximate surface area is 95.7 Å². The Balaban J connectivity index is 3.03. The molecule has 1 unspecified atom stereocenters. The third-order valence-electron chi connectivity index (χ3n) is 2.41. The van der Waals surface area contributed by atoms with Gasteiger partial charge in [0.2, 0.25) is 10.0 Å². The van der Waals surface area contributed by atoms with Crippen LogP contribution < -0.4 is 4.72 Å². The lowest BCUT2D eigenvalue weighted by Crippen LogP contribution is -2.32. The maximum absolute atomic E-state index is 13.0. The quantitative estimate of drug-likeness (QED) is 0.884. The van der Waals surface area contributed by atoms with E-state index in [9.17, 15) is 12.8 Å². The third-order valence-corrected chi connectivity index (χ3v) is 4.00. The van der Waals surface area contributed by atoms with Crippen LogP contribution in [0.2, 0.25) is 0 Å². The highest BCUT2D eigenvalue weighted by Crippen LogP contribution is 2.14. The molecule has 5 heteroatoms. The first kappa shape index (κ1) is 13.1. The van der Waals surface area contributed by atoms with Crippen molar-refractivity contribution in [2.45, 2.75) is 38.1 Å². The van der Waals surface area contributed by atoms with Gasteiger partial charge in [0, 0.05) is 6.04 Å². The first-order chi connectivity index (χ1) is 7.36. The van der Waals surface area contributed by atoms with E-state index in [2.05, 4.69) is 4.72 Å². The molecule has 1 rings (SSSR count). The average molecular weight is 245 g/mol. The van der Waals surface area contributed by atoms with E-state index in [-0.39, 0.29) is 10.9 Å². The number of nitrogens with one attached hydrogen (secondary N) is 1. The summed E-state index contributed by atoms with van der Waals surface area (Å²) in [6.07, 6.45) is 0.708. The molecule has 0 saturated carbocycles. The molecule has 0 bridgehead atoms. The van der Waals surface area contributed by atoms with E-state index in [0.717, 1.165) is 0 Å². The fourth-order valence-electron chi connectivity index (χ4n) is 1.20. The molecule has 1 N–H and O–H groups in total. The Kier molecular flexibility index (Phi) is 4.04. The second-order valence-corrected chi connectivity index (χ2v) is 5.56. The fourth-order valence-corrected chi connectivity index (χ4v) is 2.61. The molecule has 3 nitrogen and oxygen atoms in total. The summed E-state index contributed by atoms with van der Waals surface area (Å²) in [5.41, 5.74) is 0.326. The molecule has 0 spiro atoms. The smallest absolute Gasteiger partial charge is 0.208 e. The van der Waals surface area contributed by atoms with E-state index in [1.807, 2.05) is 6.92 Å². The first-order valence-electron chi connectivity index (χ1n) is 5.15. The lowest BCUT2D eigenvalue weighted by molar-refractivity contribution is 0.555. The number of hydrogen-bond donors (Lipinski definition) is 1. The molecule has 1 aromatic carbocycles. The molecule has 0 aliphatic carbocycles. The minimum absolute atomic E-state index is 0.103. The van der Waals surface area contributed by atoms with Gasteiger partial charge in [-0.15, -0.1) is 0 Å². The van der Waals surface area contributed by atoms with Crippen LogP contribution in [0.15, 0.2) is 23.1 Å². The Bertz CT molecular complexity index is 471. The van der Waals surface area contributed by atoms with E-state index < -0.39 is 15.8 Å². The SMILES string of the molecule is CCC(C)NS(=O)(=O)c1ccc(F)c(C)c1. The molecule has 0 aromatic heterocycles. The third kappa shape index (κ3) is 3.02. The molecule has 90 valence electrons. The molecule has 0 aliphatic heterocycles. The Morgan fingerprint density at radius 3 is 2.56 bits per heavy atom. The van der Waals surface area contributed by atoms with Gasteiger partial charge in [-0.3, -0.25) is 0 Å². The zero-order valence-electron chi connectivity index (χ0n) is 9.62. The number of sulfonamides is 1. The zero-order chi connectivity index (χ0) is 12.3. The van der Waals surface area contributed by atoms with Crippen molar-refractivity contribution < 1.29 is 12.8 Å². The van der Waals surface area contributed by atoms with Gasteiger partial charge in [-0.25, -0.2) is 17.5 Å². The fraction of sp³-hybridized carbons (Fsp3) is 0.455. The average Bonchev–Trinajstić information content (AvgIpc) is 2.21. The van der Waals surface area contributed by atoms with Crippen LogP contribution in [0.3, 0.4) is 0 Å². The summed E-state index contributed by atoms with van der Waals surface area (Å²) in [5.74, 6) is -0.400. The maximum Gasteiger partial charge on any atom is 0.240 e. The van der Waals surface area contributed by atoms with Crippen LogP contribution in [0.4, 0.5) is 4.39 Å². The number of hydrogen-bond acceptors (Lipinski definition) is 2. The van der Waals surface area contributed by atoms with E-state index in [1.165, 1.54) is 25.1 Å². The summed E-state index contributed by atoms with van der Waals surface area (Å²) in [5, 5.41) is 0. The van der Waals surface area contributed by atoms with Crippen molar-refractivity contribution in [1.82, 2.24) is 4.72 Å². The predicted molar refractivity (Wildman–Crippen MR) is 61.2 cm³/mol. The van der Waals surface area contributed by atoms with Crippen LogP contribution in [0.25, 0.3) is 0 Å². The minimum Gasteiger partial charge on any atom is -0.208 e. The Morgan fingerprint density at radius 2 is 2.06 bits per heavy atom. The van der Waals surface area contributed by atoms with Crippen molar-refractivity contribution in [2.75, 3.05) is 0 Å². The van der Waals surface area contributed by atoms with E-state index >= 15 is 0 Å². The molecule has 0 fully saturated rings. The number of benzene rings is 1. The second-order valence-electron chi connectivity index (χ2n) is 3.84. The molecular formula is C11H16FNO2S.